The largest absolute Gasteiger partial charge is 0.312 e. The molecular formula is C26H27N3OS2. The second kappa shape index (κ2) is 10.0. The average Bonchev–Trinajstić information content (AvgIpc) is 3.40. The van der Waals surface area contributed by atoms with Gasteiger partial charge in [0.25, 0.3) is 0 Å². The van der Waals surface area contributed by atoms with Crippen molar-refractivity contribution >= 4 is 38.7 Å². The fourth-order valence-electron chi connectivity index (χ4n) is 4.39. The smallest absolute Gasteiger partial charge is 0.138 e. The maximum Gasteiger partial charge on any atom is 0.138 e. The number of hydrogen-bond donors (Lipinski definition) is 1. The van der Waals surface area contributed by atoms with E-state index in [0.29, 0.717) is 18.6 Å². The third-order valence-electron chi connectivity index (χ3n) is 6.01. The second-order valence-electron chi connectivity index (χ2n) is 8.35. The number of fused-ring (bicyclic) bond motifs is 2. The number of carbonyl (C=O) groups excluding carboxylic acids is 1. The molecule has 0 atom stereocenters. The highest BCUT2D eigenvalue weighted by atomic mass is 32.1. The van der Waals surface area contributed by atoms with Gasteiger partial charge in [0.15, 0.2) is 0 Å². The van der Waals surface area contributed by atoms with Gasteiger partial charge < -0.3 is 5.32 Å². The molecule has 0 saturated heterocycles. The summed E-state index contributed by atoms with van der Waals surface area (Å²) in [4.78, 5) is 24.6. The van der Waals surface area contributed by atoms with Crippen molar-refractivity contribution in [3.63, 3.8) is 0 Å². The maximum atomic E-state index is 12.9. The number of carbonyl (C=O) groups is 1. The van der Waals surface area contributed by atoms with E-state index < -0.39 is 0 Å². The first-order valence-corrected chi connectivity index (χ1v) is 13.0. The van der Waals surface area contributed by atoms with Crippen molar-refractivity contribution in [2.24, 2.45) is 0 Å². The zero-order chi connectivity index (χ0) is 21.8. The van der Waals surface area contributed by atoms with Crippen LogP contribution in [0.4, 0.5) is 0 Å². The molecule has 1 aromatic carbocycles. The summed E-state index contributed by atoms with van der Waals surface area (Å²) in [6.07, 6.45) is 10.1. The molecule has 4 heterocycles. The van der Waals surface area contributed by atoms with Crippen LogP contribution in [0.1, 0.15) is 46.6 Å². The lowest BCUT2D eigenvalue weighted by Gasteiger charge is -2.13. The molecule has 0 spiro atoms. The summed E-state index contributed by atoms with van der Waals surface area (Å²) < 4.78 is 1.21. The van der Waals surface area contributed by atoms with E-state index in [9.17, 15) is 4.79 Å². The summed E-state index contributed by atoms with van der Waals surface area (Å²) in [5, 5.41) is 4.55. The number of benzene rings is 1. The van der Waals surface area contributed by atoms with E-state index in [4.69, 9.17) is 4.98 Å². The normalized spacial score (nSPS) is 13.4. The molecule has 32 heavy (non-hydrogen) atoms. The molecule has 1 aliphatic rings. The van der Waals surface area contributed by atoms with Crippen LogP contribution in [0.5, 0.6) is 0 Å². The fraction of sp³-hybridized carbons (Fsp3) is 0.346. The number of aryl methyl sites for hydroxylation is 1. The Labute approximate surface area is 196 Å². The number of thiophene rings is 1. The Balaban J connectivity index is 1.26. The number of Topliss-reactive ketones (excluding diaryl/α,β-unsaturated/α-hetero) is 1. The van der Waals surface area contributed by atoms with E-state index in [2.05, 4.69) is 34.6 Å². The first kappa shape index (κ1) is 21.4. The lowest BCUT2D eigenvalue weighted by Crippen LogP contribution is -2.22. The number of thiazole rings is 1. The molecule has 4 nitrogen and oxygen atoms in total. The highest BCUT2D eigenvalue weighted by molar-refractivity contribution is 7.22. The molecule has 0 saturated carbocycles. The average molecular weight is 462 g/mol. The van der Waals surface area contributed by atoms with E-state index in [1.165, 1.54) is 31.1 Å². The number of nitrogens with one attached hydrogen (secondary N) is 1. The molecule has 5 rings (SSSR count). The number of hydrogen-bond acceptors (Lipinski definition) is 6. The van der Waals surface area contributed by atoms with E-state index in [1.807, 2.05) is 35.9 Å². The Morgan fingerprint density at radius 3 is 2.88 bits per heavy atom. The number of pyridine rings is 1. The lowest BCUT2D eigenvalue weighted by molar-refractivity contribution is -0.118. The lowest BCUT2D eigenvalue weighted by atomic mass is 10.00. The van der Waals surface area contributed by atoms with Crippen LogP contribution in [0.25, 0.3) is 20.8 Å². The number of aromatic nitrogens is 2. The summed E-state index contributed by atoms with van der Waals surface area (Å²) in [5.41, 5.74) is 4.98. The van der Waals surface area contributed by atoms with Crippen molar-refractivity contribution < 1.29 is 4.79 Å². The van der Waals surface area contributed by atoms with Crippen molar-refractivity contribution in [2.75, 3.05) is 6.54 Å². The maximum absolute atomic E-state index is 12.9. The molecule has 1 N–H and O–H groups in total. The Morgan fingerprint density at radius 1 is 1.06 bits per heavy atom. The molecule has 0 unspecified atom stereocenters. The quantitative estimate of drug-likeness (QED) is 0.312. The zero-order valence-corrected chi connectivity index (χ0v) is 19.7. The van der Waals surface area contributed by atoms with Crippen molar-refractivity contribution in [1.82, 2.24) is 15.3 Å². The van der Waals surface area contributed by atoms with Crippen LogP contribution >= 0.6 is 22.7 Å². The Hall–Kier alpha value is -2.41. The summed E-state index contributed by atoms with van der Waals surface area (Å²) in [6, 6.07) is 12.4. The molecule has 0 radical (unpaired) electrons. The molecule has 6 heteroatoms. The van der Waals surface area contributed by atoms with Gasteiger partial charge in [-0.3, -0.25) is 9.78 Å². The van der Waals surface area contributed by atoms with Gasteiger partial charge >= 0.3 is 0 Å². The van der Waals surface area contributed by atoms with Crippen LogP contribution in [0.2, 0.25) is 0 Å². The predicted octanol–water partition coefficient (Wildman–Crippen LogP) is 5.98. The van der Waals surface area contributed by atoms with Gasteiger partial charge in [0.1, 0.15) is 10.8 Å². The molecule has 4 aromatic rings. The van der Waals surface area contributed by atoms with Gasteiger partial charge in [-0.05, 0) is 61.6 Å². The number of unbranched alkanes of at least 4 members (excludes halogenated alkanes) is 2. The minimum atomic E-state index is 0.347. The van der Waals surface area contributed by atoms with Crippen LogP contribution in [0, 0.1) is 0 Å². The minimum Gasteiger partial charge on any atom is -0.312 e. The van der Waals surface area contributed by atoms with Gasteiger partial charge in [0.05, 0.1) is 10.2 Å². The number of nitrogens with zero attached hydrogens (tertiary/aromatic N) is 2. The third-order valence-corrected chi connectivity index (χ3v) is 8.30. The first-order chi connectivity index (χ1) is 15.8. The van der Waals surface area contributed by atoms with Gasteiger partial charge in [-0.2, -0.15) is 0 Å². The molecule has 0 amide bonds. The molecule has 164 valence electrons. The van der Waals surface area contributed by atoms with Crippen LogP contribution in [0.15, 0.2) is 48.8 Å². The van der Waals surface area contributed by atoms with Gasteiger partial charge in [0, 0.05) is 47.1 Å². The molecule has 3 aromatic heterocycles. The van der Waals surface area contributed by atoms with E-state index in [0.717, 1.165) is 55.7 Å². The van der Waals surface area contributed by atoms with Crippen molar-refractivity contribution in [3.8, 4) is 10.6 Å². The van der Waals surface area contributed by atoms with Gasteiger partial charge in [0.2, 0.25) is 0 Å². The van der Waals surface area contributed by atoms with Crippen molar-refractivity contribution in [2.45, 2.75) is 51.5 Å². The Kier molecular flexibility index (Phi) is 6.72. The molecule has 0 fully saturated rings. The Morgan fingerprint density at radius 2 is 2.00 bits per heavy atom. The topological polar surface area (TPSA) is 54.9 Å². The number of ketones is 1. The molecular weight excluding hydrogens is 434 g/mol. The zero-order valence-electron chi connectivity index (χ0n) is 18.1. The molecule has 1 aliphatic heterocycles. The summed E-state index contributed by atoms with van der Waals surface area (Å²) >= 11 is 3.56. The van der Waals surface area contributed by atoms with Gasteiger partial charge in [-0.1, -0.05) is 24.6 Å². The standard InChI is InChI=1S/C26H27N3OS2/c30-19(9-3-1-2-7-18-8-6-13-27-16-18)15-23-25(20-12-14-28-17-24(20)31-23)26-29-21-10-4-5-11-22(21)32-26/h4-6,8,10-11,13,16,28H,1-3,7,9,12,14-15,17H2. The van der Waals surface area contributed by atoms with E-state index >= 15 is 0 Å². The number of rotatable bonds is 9. The summed E-state index contributed by atoms with van der Waals surface area (Å²) in [5.74, 6) is 0.347. The van der Waals surface area contributed by atoms with E-state index in [1.54, 1.807) is 11.3 Å². The second-order valence-corrected chi connectivity index (χ2v) is 10.6. The number of para-hydroxylation sites is 1. The van der Waals surface area contributed by atoms with Gasteiger partial charge in [-0.15, -0.1) is 22.7 Å². The van der Waals surface area contributed by atoms with Gasteiger partial charge in [-0.25, -0.2) is 4.98 Å². The SMILES string of the molecule is O=C(CCCCCc1cccnc1)Cc1sc2c(c1-c1nc3ccccc3s1)CCNC2. The minimum absolute atomic E-state index is 0.347. The van der Waals surface area contributed by atoms with Crippen molar-refractivity contribution in [3.05, 3.63) is 69.7 Å². The Bertz CT molecular complexity index is 1180. The summed E-state index contributed by atoms with van der Waals surface area (Å²) in [6.45, 7) is 1.90. The van der Waals surface area contributed by atoms with E-state index in [-0.39, 0.29) is 0 Å². The highest BCUT2D eigenvalue weighted by Gasteiger charge is 2.24. The highest BCUT2D eigenvalue weighted by Crippen LogP contribution is 2.42. The van der Waals surface area contributed by atoms with Crippen LogP contribution in [-0.4, -0.2) is 22.3 Å². The fourth-order valence-corrected chi connectivity index (χ4v) is 6.87. The van der Waals surface area contributed by atoms with Crippen LogP contribution in [-0.2, 0) is 30.6 Å². The predicted molar refractivity (Wildman–Crippen MR) is 133 cm³/mol. The van der Waals surface area contributed by atoms with Crippen LogP contribution in [0.3, 0.4) is 0 Å². The van der Waals surface area contributed by atoms with Crippen LogP contribution < -0.4 is 5.32 Å². The van der Waals surface area contributed by atoms with Crippen molar-refractivity contribution in [1.29, 1.82) is 0 Å². The molecule has 0 bridgehead atoms. The monoisotopic (exact) mass is 461 g/mol. The molecule has 0 aliphatic carbocycles. The third kappa shape index (κ3) is 4.82. The summed E-state index contributed by atoms with van der Waals surface area (Å²) in [7, 11) is 0. The first-order valence-electron chi connectivity index (χ1n) is 11.4.